The van der Waals surface area contributed by atoms with Gasteiger partial charge in [-0.05, 0) is 30.9 Å². The second kappa shape index (κ2) is 2.98. The SMILES string of the molecule is Cc1ccc(CC(C)(C)C)s1. The summed E-state index contributed by atoms with van der Waals surface area (Å²) >= 11 is 1.91. The van der Waals surface area contributed by atoms with E-state index in [9.17, 15) is 0 Å². The first kappa shape index (κ1) is 8.79. The van der Waals surface area contributed by atoms with Gasteiger partial charge in [-0.15, -0.1) is 11.3 Å². The van der Waals surface area contributed by atoms with E-state index in [0.29, 0.717) is 5.41 Å². The predicted molar refractivity (Wildman–Crippen MR) is 52.2 cm³/mol. The third kappa shape index (κ3) is 3.06. The first-order valence-corrected chi connectivity index (χ1v) is 4.84. The van der Waals surface area contributed by atoms with Crippen molar-refractivity contribution in [3.63, 3.8) is 0 Å². The molecule has 0 aliphatic carbocycles. The lowest BCUT2D eigenvalue weighted by atomic mass is 9.92. The van der Waals surface area contributed by atoms with Gasteiger partial charge in [0.05, 0.1) is 0 Å². The fraction of sp³-hybridized carbons (Fsp3) is 0.600. The molecule has 0 spiro atoms. The maximum atomic E-state index is 2.28. The van der Waals surface area contributed by atoms with Gasteiger partial charge in [-0.3, -0.25) is 0 Å². The van der Waals surface area contributed by atoms with Crippen LogP contribution in [-0.2, 0) is 6.42 Å². The van der Waals surface area contributed by atoms with Crippen molar-refractivity contribution in [2.45, 2.75) is 34.1 Å². The van der Waals surface area contributed by atoms with Crippen LogP contribution in [0.1, 0.15) is 30.5 Å². The maximum absolute atomic E-state index is 2.28. The molecule has 0 amide bonds. The van der Waals surface area contributed by atoms with Crippen molar-refractivity contribution in [3.8, 4) is 0 Å². The monoisotopic (exact) mass is 168 g/mol. The standard InChI is InChI=1S/C10H16S/c1-8-5-6-9(11-8)7-10(2,3)4/h5-6H,7H2,1-4H3. The summed E-state index contributed by atoms with van der Waals surface area (Å²) in [5, 5.41) is 0. The Morgan fingerprint density at radius 3 is 2.27 bits per heavy atom. The quantitative estimate of drug-likeness (QED) is 0.600. The van der Waals surface area contributed by atoms with Crippen LogP contribution in [0.2, 0.25) is 0 Å². The Morgan fingerprint density at radius 2 is 1.91 bits per heavy atom. The number of aryl methyl sites for hydroxylation is 1. The van der Waals surface area contributed by atoms with Gasteiger partial charge in [0.15, 0.2) is 0 Å². The van der Waals surface area contributed by atoms with E-state index in [-0.39, 0.29) is 0 Å². The fourth-order valence-corrected chi connectivity index (χ4v) is 2.29. The lowest BCUT2D eigenvalue weighted by Crippen LogP contribution is -2.07. The van der Waals surface area contributed by atoms with Crippen molar-refractivity contribution >= 4 is 11.3 Å². The molecule has 0 nitrogen and oxygen atoms in total. The number of rotatable bonds is 1. The highest BCUT2D eigenvalue weighted by Crippen LogP contribution is 2.25. The van der Waals surface area contributed by atoms with E-state index >= 15 is 0 Å². The van der Waals surface area contributed by atoms with Crippen LogP contribution >= 0.6 is 11.3 Å². The molecule has 1 aromatic heterocycles. The highest BCUT2D eigenvalue weighted by molar-refractivity contribution is 7.11. The van der Waals surface area contributed by atoms with Crippen molar-refractivity contribution in [1.29, 1.82) is 0 Å². The maximum Gasteiger partial charge on any atom is 0.00532 e. The molecular weight excluding hydrogens is 152 g/mol. The molecule has 0 atom stereocenters. The van der Waals surface area contributed by atoms with Crippen molar-refractivity contribution in [3.05, 3.63) is 21.9 Å². The molecule has 1 heterocycles. The smallest absolute Gasteiger partial charge is 0.00532 e. The molecule has 1 heteroatoms. The van der Waals surface area contributed by atoms with Gasteiger partial charge in [0.25, 0.3) is 0 Å². The molecule has 0 saturated heterocycles. The van der Waals surface area contributed by atoms with Gasteiger partial charge in [0.2, 0.25) is 0 Å². The molecule has 0 fully saturated rings. The first-order chi connectivity index (χ1) is 4.97. The normalized spacial score (nSPS) is 12.0. The molecule has 1 rings (SSSR count). The molecular formula is C10H16S. The van der Waals surface area contributed by atoms with Crippen LogP contribution in [0.25, 0.3) is 0 Å². The van der Waals surface area contributed by atoms with E-state index in [2.05, 4.69) is 39.8 Å². The van der Waals surface area contributed by atoms with Crippen molar-refractivity contribution < 1.29 is 0 Å². The van der Waals surface area contributed by atoms with E-state index in [1.165, 1.54) is 16.2 Å². The Morgan fingerprint density at radius 1 is 1.27 bits per heavy atom. The van der Waals surface area contributed by atoms with E-state index in [4.69, 9.17) is 0 Å². The Balaban J connectivity index is 2.65. The van der Waals surface area contributed by atoms with E-state index in [1.54, 1.807) is 0 Å². The van der Waals surface area contributed by atoms with Crippen LogP contribution in [0.3, 0.4) is 0 Å². The third-order valence-electron chi connectivity index (χ3n) is 1.50. The molecule has 1 aromatic rings. The summed E-state index contributed by atoms with van der Waals surface area (Å²) in [5.74, 6) is 0. The summed E-state index contributed by atoms with van der Waals surface area (Å²) in [6.07, 6.45) is 1.20. The lowest BCUT2D eigenvalue weighted by Gasteiger charge is -2.16. The highest BCUT2D eigenvalue weighted by atomic mass is 32.1. The summed E-state index contributed by atoms with van der Waals surface area (Å²) in [4.78, 5) is 2.93. The van der Waals surface area contributed by atoms with E-state index < -0.39 is 0 Å². The summed E-state index contributed by atoms with van der Waals surface area (Å²) in [7, 11) is 0. The Kier molecular flexibility index (Phi) is 2.38. The second-order valence-corrected chi connectivity index (χ2v) is 5.62. The predicted octanol–water partition coefficient (Wildman–Crippen LogP) is 3.65. The average Bonchev–Trinajstić information content (AvgIpc) is 2.10. The van der Waals surface area contributed by atoms with Gasteiger partial charge in [-0.1, -0.05) is 20.8 Å². The Bertz CT molecular complexity index is 227. The third-order valence-corrected chi connectivity index (χ3v) is 2.50. The number of thiophene rings is 1. The summed E-state index contributed by atoms with van der Waals surface area (Å²) < 4.78 is 0. The molecule has 0 N–H and O–H groups in total. The largest absolute Gasteiger partial charge is 0.146 e. The van der Waals surface area contributed by atoms with Crippen LogP contribution in [0.4, 0.5) is 0 Å². The minimum Gasteiger partial charge on any atom is -0.146 e. The van der Waals surface area contributed by atoms with E-state index in [1.807, 2.05) is 11.3 Å². The zero-order valence-corrected chi connectivity index (χ0v) is 8.59. The first-order valence-electron chi connectivity index (χ1n) is 4.03. The van der Waals surface area contributed by atoms with Gasteiger partial charge in [-0.2, -0.15) is 0 Å². The highest BCUT2D eigenvalue weighted by Gasteiger charge is 2.11. The van der Waals surface area contributed by atoms with Crippen LogP contribution in [0.5, 0.6) is 0 Å². The van der Waals surface area contributed by atoms with Crippen LogP contribution < -0.4 is 0 Å². The average molecular weight is 168 g/mol. The van der Waals surface area contributed by atoms with Gasteiger partial charge in [-0.25, -0.2) is 0 Å². The molecule has 11 heavy (non-hydrogen) atoms. The molecule has 0 aromatic carbocycles. The molecule has 0 radical (unpaired) electrons. The van der Waals surface area contributed by atoms with Crippen LogP contribution in [-0.4, -0.2) is 0 Å². The van der Waals surface area contributed by atoms with Crippen LogP contribution in [0.15, 0.2) is 12.1 Å². The molecule has 62 valence electrons. The minimum atomic E-state index is 0.428. The van der Waals surface area contributed by atoms with Crippen molar-refractivity contribution in [1.82, 2.24) is 0 Å². The van der Waals surface area contributed by atoms with E-state index in [0.717, 1.165) is 0 Å². The summed E-state index contributed by atoms with van der Waals surface area (Å²) in [6.45, 7) is 9.00. The van der Waals surface area contributed by atoms with Crippen molar-refractivity contribution in [2.75, 3.05) is 0 Å². The topological polar surface area (TPSA) is 0 Å². The Hall–Kier alpha value is -0.300. The van der Waals surface area contributed by atoms with Gasteiger partial charge >= 0.3 is 0 Å². The second-order valence-electron chi connectivity index (χ2n) is 4.25. The molecule has 0 unspecified atom stereocenters. The number of hydrogen-bond donors (Lipinski definition) is 0. The lowest BCUT2D eigenvalue weighted by molar-refractivity contribution is 0.414. The Labute approximate surface area is 73.3 Å². The molecule has 0 aliphatic heterocycles. The van der Waals surface area contributed by atoms with Gasteiger partial charge in [0, 0.05) is 9.75 Å². The minimum absolute atomic E-state index is 0.428. The fourth-order valence-electron chi connectivity index (χ4n) is 1.10. The molecule has 0 bridgehead atoms. The summed E-state index contributed by atoms with van der Waals surface area (Å²) in [5.41, 5.74) is 0.428. The van der Waals surface area contributed by atoms with Gasteiger partial charge in [0.1, 0.15) is 0 Å². The zero-order valence-electron chi connectivity index (χ0n) is 7.77. The summed E-state index contributed by atoms with van der Waals surface area (Å²) in [6, 6.07) is 4.44. The number of hydrogen-bond acceptors (Lipinski definition) is 1. The van der Waals surface area contributed by atoms with Crippen molar-refractivity contribution in [2.24, 2.45) is 5.41 Å². The zero-order chi connectivity index (χ0) is 8.48. The van der Waals surface area contributed by atoms with Crippen LogP contribution in [0, 0.1) is 12.3 Å². The molecule has 0 saturated carbocycles. The van der Waals surface area contributed by atoms with Gasteiger partial charge < -0.3 is 0 Å². The molecule has 0 aliphatic rings.